The van der Waals surface area contributed by atoms with E-state index in [0.29, 0.717) is 10.2 Å². The normalized spacial score (nSPS) is 20.4. The number of ether oxygens (including phenoxy) is 2. The number of methoxy groups -OCH3 is 2. The molecule has 2 heterocycles. The van der Waals surface area contributed by atoms with E-state index in [4.69, 9.17) is 9.47 Å². The van der Waals surface area contributed by atoms with Gasteiger partial charge in [-0.25, -0.2) is 9.59 Å². The average molecular weight is 494 g/mol. The zero-order valence-corrected chi connectivity index (χ0v) is 19.4. The molecule has 2 aliphatic heterocycles. The predicted molar refractivity (Wildman–Crippen MR) is 116 cm³/mol. The molecule has 1 aromatic carbocycles. The van der Waals surface area contributed by atoms with Crippen molar-refractivity contribution in [1.82, 2.24) is 4.90 Å². The van der Waals surface area contributed by atoms with Crippen molar-refractivity contribution < 1.29 is 29.0 Å². The summed E-state index contributed by atoms with van der Waals surface area (Å²) >= 11 is 4.40. The van der Waals surface area contributed by atoms with Crippen LogP contribution < -0.4 is 0 Å². The molecule has 7 nitrogen and oxygen atoms in total. The highest BCUT2D eigenvalue weighted by atomic mass is 79.9. The first-order valence-electron chi connectivity index (χ1n) is 8.88. The molecule has 0 aliphatic carbocycles. The zero-order chi connectivity index (χ0) is 22.4. The first-order chi connectivity index (χ1) is 14.1. The van der Waals surface area contributed by atoms with Gasteiger partial charge in [0.1, 0.15) is 5.75 Å². The van der Waals surface area contributed by atoms with E-state index in [1.165, 1.54) is 26.5 Å². The maximum absolute atomic E-state index is 13.3. The summed E-state index contributed by atoms with van der Waals surface area (Å²) < 4.78 is 10.3. The van der Waals surface area contributed by atoms with Crippen LogP contribution in [-0.2, 0) is 19.1 Å². The molecule has 1 unspecified atom stereocenters. The number of benzene rings is 1. The molecule has 1 atom stereocenters. The largest absolute Gasteiger partial charge is 0.506 e. The summed E-state index contributed by atoms with van der Waals surface area (Å²) in [5.41, 5.74) is 1.63. The summed E-state index contributed by atoms with van der Waals surface area (Å²) in [5, 5.41) is 10.4. The molecule has 0 saturated carbocycles. The van der Waals surface area contributed by atoms with Gasteiger partial charge >= 0.3 is 11.9 Å². The molecule has 3 rings (SSSR count). The van der Waals surface area contributed by atoms with Gasteiger partial charge in [-0.15, -0.1) is 0 Å². The van der Waals surface area contributed by atoms with Crippen molar-refractivity contribution in [2.75, 3.05) is 14.2 Å². The van der Waals surface area contributed by atoms with Crippen LogP contribution in [0.15, 0.2) is 50.6 Å². The van der Waals surface area contributed by atoms with E-state index in [1.807, 2.05) is 6.92 Å². The third-order valence-corrected chi connectivity index (χ3v) is 7.11. The second kappa shape index (κ2) is 7.96. The van der Waals surface area contributed by atoms with E-state index >= 15 is 0 Å². The Kier molecular flexibility index (Phi) is 5.88. The number of rotatable bonds is 4. The molecule has 0 bridgehead atoms. The lowest BCUT2D eigenvalue weighted by atomic mass is 9.92. The number of ketones is 1. The number of aryl methyl sites for hydroxylation is 1. The highest BCUT2D eigenvalue weighted by Crippen LogP contribution is 2.53. The highest BCUT2D eigenvalue weighted by molar-refractivity contribution is 9.10. The van der Waals surface area contributed by atoms with Gasteiger partial charge in [-0.1, -0.05) is 11.8 Å². The molecule has 0 saturated heterocycles. The second-order valence-corrected chi connectivity index (χ2v) is 9.12. The van der Waals surface area contributed by atoms with E-state index in [0.717, 1.165) is 22.2 Å². The maximum atomic E-state index is 13.3. The van der Waals surface area contributed by atoms with Gasteiger partial charge in [0, 0.05) is 22.4 Å². The van der Waals surface area contributed by atoms with Crippen molar-refractivity contribution in [1.29, 1.82) is 0 Å². The lowest BCUT2D eigenvalue weighted by Gasteiger charge is -2.38. The fraction of sp³-hybridized carbons (Fsp3) is 0.286. The summed E-state index contributed by atoms with van der Waals surface area (Å²) in [4.78, 5) is 39.7. The third-order valence-electron chi connectivity index (χ3n) is 5.03. The Labute approximate surface area is 186 Å². The Hall–Kier alpha value is -2.52. The summed E-state index contributed by atoms with van der Waals surface area (Å²) in [6, 6.07) is 3.25. The number of fused-ring (bicyclic) bond motifs is 1. The van der Waals surface area contributed by atoms with E-state index in [1.54, 1.807) is 30.9 Å². The quantitative estimate of drug-likeness (QED) is 0.499. The van der Waals surface area contributed by atoms with E-state index in [9.17, 15) is 19.5 Å². The number of thioether (sulfide) groups is 1. The van der Waals surface area contributed by atoms with Crippen LogP contribution >= 0.6 is 27.7 Å². The molecular formula is C21H20BrNO6S. The standard InChI is InChI=1S/C21H20BrNO6S/c1-10-6-14(18(25)16(22)7-10)17(24)13-8-15(19(26)28-4)21(20(27)29-5)23(9-13)11(2)12(3)30-21/h6-9,25H,1-5H3. The Bertz CT molecular complexity index is 1070. The van der Waals surface area contributed by atoms with Crippen LogP contribution in [0, 0.1) is 6.92 Å². The first-order valence-corrected chi connectivity index (χ1v) is 10.5. The Morgan fingerprint density at radius 1 is 1.13 bits per heavy atom. The van der Waals surface area contributed by atoms with Crippen LogP contribution in [-0.4, -0.2) is 46.8 Å². The predicted octanol–water partition coefficient (Wildman–Crippen LogP) is 3.81. The van der Waals surface area contributed by atoms with Gasteiger partial charge < -0.3 is 19.5 Å². The van der Waals surface area contributed by atoms with E-state index in [-0.39, 0.29) is 22.5 Å². The molecule has 158 valence electrons. The summed E-state index contributed by atoms with van der Waals surface area (Å²) in [6.07, 6.45) is 2.83. The Balaban J connectivity index is 2.23. The van der Waals surface area contributed by atoms with Crippen molar-refractivity contribution in [3.05, 3.63) is 61.8 Å². The van der Waals surface area contributed by atoms with Gasteiger partial charge in [-0.3, -0.25) is 4.79 Å². The number of hydrogen-bond donors (Lipinski definition) is 1. The molecule has 1 aromatic rings. The second-order valence-electron chi connectivity index (χ2n) is 6.86. The van der Waals surface area contributed by atoms with Gasteiger partial charge in [0.25, 0.3) is 0 Å². The number of hydrogen-bond acceptors (Lipinski definition) is 8. The SMILES string of the molecule is COC(=O)C1=CC(C(=O)c2cc(C)cc(Br)c2O)=CN2C(C)=C(C)SC12C(=O)OC. The monoisotopic (exact) mass is 493 g/mol. The number of nitrogens with zero attached hydrogens (tertiary/aromatic N) is 1. The van der Waals surface area contributed by atoms with Crippen molar-refractivity contribution in [3.63, 3.8) is 0 Å². The van der Waals surface area contributed by atoms with Gasteiger partial charge in [0.15, 0.2) is 5.78 Å². The van der Waals surface area contributed by atoms with Crippen LogP contribution in [0.5, 0.6) is 5.75 Å². The number of carbonyl (C=O) groups excluding carboxylic acids is 3. The summed E-state index contributed by atoms with van der Waals surface area (Å²) in [7, 11) is 2.44. The lowest BCUT2D eigenvalue weighted by Crippen LogP contribution is -2.52. The number of halogens is 1. The summed E-state index contributed by atoms with van der Waals surface area (Å²) in [5.74, 6) is -2.12. The molecule has 0 radical (unpaired) electrons. The molecule has 0 amide bonds. The number of Topliss-reactive ketones (excluding diaryl/α,β-unsaturated/α-hetero) is 1. The van der Waals surface area contributed by atoms with Crippen molar-refractivity contribution >= 4 is 45.4 Å². The molecule has 9 heteroatoms. The summed E-state index contributed by atoms with van der Waals surface area (Å²) in [6.45, 7) is 5.39. The minimum absolute atomic E-state index is 0.0323. The molecule has 0 fully saturated rings. The maximum Gasteiger partial charge on any atom is 0.348 e. The van der Waals surface area contributed by atoms with Gasteiger partial charge in [-0.05, 0) is 60.5 Å². The smallest absolute Gasteiger partial charge is 0.348 e. The zero-order valence-electron chi connectivity index (χ0n) is 17.0. The molecule has 0 aromatic heterocycles. The molecule has 0 spiro atoms. The number of allylic oxidation sites excluding steroid dienone is 4. The number of aromatic hydroxyl groups is 1. The average Bonchev–Trinajstić information content (AvgIpc) is 2.99. The topological polar surface area (TPSA) is 93.1 Å². The van der Waals surface area contributed by atoms with E-state index < -0.39 is 22.6 Å². The molecule has 30 heavy (non-hydrogen) atoms. The Morgan fingerprint density at radius 2 is 1.80 bits per heavy atom. The lowest BCUT2D eigenvalue weighted by molar-refractivity contribution is -0.149. The fourth-order valence-corrected chi connectivity index (χ4v) is 5.41. The van der Waals surface area contributed by atoms with Crippen molar-refractivity contribution in [2.45, 2.75) is 25.6 Å². The van der Waals surface area contributed by atoms with Crippen LogP contribution in [0.3, 0.4) is 0 Å². The van der Waals surface area contributed by atoms with Crippen LogP contribution in [0.4, 0.5) is 0 Å². The highest BCUT2D eigenvalue weighted by Gasteiger charge is 2.58. The minimum Gasteiger partial charge on any atom is -0.506 e. The number of esters is 2. The Morgan fingerprint density at radius 3 is 2.40 bits per heavy atom. The number of carbonyl (C=O) groups is 3. The van der Waals surface area contributed by atoms with Crippen LogP contribution in [0.2, 0.25) is 0 Å². The van der Waals surface area contributed by atoms with E-state index in [2.05, 4.69) is 15.9 Å². The third kappa shape index (κ3) is 3.26. The van der Waals surface area contributed by atoms with Crippen LogP contribution in [0.1, 0.15) is 29.8 Å². The fourth-order valence-electron chi connectivity index (χ4n) is 3.44. The molecule has 1 N–H and O–H groups in total. The van der Waals surface area contributed by atoms with Crippen LogP contribution in [0.25, 0.3) is 0 Å². The van der Waals surface area contributed by atoms with Gasteiger partial charge in [0.05, 0.1) is 29.8 Å². The van der Waals surface area contributed by atoms with Crippen molar-refractivity contribution in [3.8, 4) is 5.75 Å². The molecule has 2 aliphatic rings. The minimum atomic E-state index is -1.52. The van der Waals surface area contributed by atoms with Gasteiger partial charge in [0.2, 0.25) is 4.87 Å². The number of phenols is 1. The first kappa shape index (κ1) is 22.2. The molecular weight excluding hydrogens is 474 g/mol. The number of phenolic OH excluding ortho intramolecular Hbond substituents is 1. The van der Waals surface area contributed by atoms with Gasteiger partial charge in [-0.2, -0.15) is 0 Å². The van der Waals surface area contributed by atoms with Crippen molar-refractivity contribution in [2.24, 2.45) is 0 Å².